The van der Waals surface area contributed by atoms with Crippen LogP contribution in [0.25, 0.3) is 16.7 Å². The highest BCUT2D eigenvalue weighted by Gasteiger charge is 2.14. The van der Waals surface area contributed by atoms with Gasteiger partial charge in [0, 0.05) is 19.4 Å². The molecule has 2 aromatic heterocycles. The van der Waals surface area contributed by atoms with Crippen molar-refractivity contribution in [1.29, 1.82) is 0 Å². The molecular weight excluding hydrogens is 416 g/mol. The number of fused-ring (bicyclic) bond motifs is 3. The zero-order valence-electron chi connectivity index (χ0n) is 18.5. The number of Topliss-reactive ketones (excluding diaryl/α,β-unsaturated/α-hetero) is 1. The van der Waals surface area contributed by atoms with Crippen LogP contribution in [0.5, 0.6) is 0 Å². The molecule has 0 amide bonds. The molecule has 2 N–H and O–H groups in total. The van der Waals surface area contributed by atoms with Gasteiger partial charge in [0.1, 0.15) is 11.6 Å². The minimum Gasteiger partial charge on any atom is -0.367 e. The van der Waals surface area contributed by atoms with E-state index < -0.39 is 10.0 Å². The lowest BCUT2D eigenvalue weighted by Crippen LogP contribution is -2.10. The summed E-state index contributed by atoms with van der Waals surface area (Å²) in [6.45, 7) is 6.68. The van der Waals surface area contributed by atoms with Gasteiger partial charge in [0.05, 0.1) is 23.0 Å². The van der Waals surface area contributed by atoms with Crippen LogP contribution in [0.4, 0.5) is 11.5 Å². The second kappa shape index (κ2) is 9.59. The van der Waals surface area contributed by atoms with Crippen LogP contribution >= 0.6 is 0 Å². The summed E-state index contributed by atoms with van der Waals surface area (Å²) < 4.78 is 27.5. The topological polar surface area (TPSA) is 118 Å². The van der Waals surface area contributed by atoms with Crippen molar-refractivity contribution >= 4 is 44.0 Å². The minimum atomic E-state index is -3.38. The Balaban J connectivity index is 1.71. The van der Waals surface area contributed by atoms with E-state index in [0.29, 0.717) is 53.8 Å². The molecule has 9 nitrogen and oxygen atoms in total. The minimum absolute atomic E-state index is 0.332. The van der Waals surface area contributed by atoms with Crippen LogP contribution in [-0.4, -0.2) is 46.6 Å². The molecule has 0 atom stereocenters. The number of carbonyl (C=O) groups excluding carboxylic acids is 1. The Morgan fingerprint density at radius 2 is 1.94 bits per heavy atom. The average Bonchev–Trinajstić information content (AvgIpc) is 3.04. The highest BCUT2D eigenvalue weighted by Crippen LogP contribution is 2.24. The Labute approximate surface area is 182 Å². The number of rotatable bonds is 11. The van der Waals surface area contributed by atoms with Gasteiger partial charge < -0.3 is 5.32 Å². The van der Waals surface area contributed by atoms with Crippen LogP contribution in [-0.2, 0) is 14.8 Å². The molecule has 0 aliphatic carbocycles. The van der Waals surface area contributed by atoms with E-state index in [9.17, 15) is 13.2 Å². The molecule has 0 radical (unpaired) electrons. The molecule has 0 unspecified atom stereocenters. The Kier molecular flexibility index (Phi) is 7.09. The number of aryl methyl sites for hydroxylation is 1. The Morgan fingerprint density at radius 3 is 2.65 bits per heavy atom. The van der Waals surface area contributed by atoms with Gasteiger partial charge in [-0.15, -0.1) is 10.2 Å². The van der Waals surface area contributed by atoms with Crippen LogP contribution in [0.15, 0.2) is 18.2 Å². The van der Waals surface area contributed by atoms with E-state index in [-0.39, 0.29) is 0 Å². The number of anilines is 2. The first-order valence-corrected chi connectivity index (χ1v) is 12.4. The fraction of sp³-hybridized carbons (Fsp3) is 0.524. The van der Waals surface area contributed by atoms with Crippen LogP contribution in [0.2, 0.25) is 0 Å². The van der Waals surface area contributed by atoms with Crippen molar-refractivity contribution in [2.75, 3.05) is 22.8 Å². The van der Waals surface area contributed by atoms with E-state index in [4.69, 9.17) is 0 Å². The lowest BCUT2D eigenvalue weighted by Gasteiger charge is -2.11. The van der Waals surface area contributed by atoms with E-state index in [0.717, 1.165) is 36.9 Å². The van der Waals surface area contributed by atoms with Gasteiger partial charge in [-0.05, 0) is 43.9 Å². The van der Waals surface area contributed by atoms with E-state index in [1.807, 2.05) is 11.3 Å². The molecule has 0 spiro atoms. The molecule has 3 aromatic rings. The normalized spacial score (nSPS) is 12.0. The molecule has 0 saturated carbocycles. The number of aromatic nitrogens is 4. The molecule has 3 rings (SSSR count). The molecule has 0 aliphatic heterocycles. The quantitative estimate of drug-likeness (QED) is 0.432. The van der Waals surface area contributed by atoms with Gasteiger partial charge in [0.15, 0.2) is 5.82 Å². The van der Waals surface area contributed by atoms with Crippen molar-refractivity contribution in [3.05, 3.63) is 24.0 Å². The smallest absolute Gasteiger partial charge is 0.229 e. The Morgan fingerprint density at radius 1 is 1.16 bits per heavy atom. The Hall–Kier alpha value is -2.75. The lowest BCUT2D eigenvalue weighted by atomic mass is 10.0. The number of nitrogens with zero attached hydrogens (tertiary/aromatic N) is 4. The van der Waals surface area contributed by atoms with Gasteiger partial charge in [-0.2, -0.15) is 0 Å². The molecule has 31 heavy (non-hydrogen) atoms. The van der Waals surface area contributed by atoms with Gasteiger partial charge >= 0.3 is 0 Å². The first-order chi connectivity index (χ1) is 14.6. The zero-order valence-corrected chi connectivity index (χ0v) is 19.3. The van der Waals surface area contributed by atoms with Crippen molar-refractivity contribution in [1.82, 2.24) is 19.6 Å². The molecule has 0 aliphatic rings. The maximum atomic E-state index is 11.8. The number of carbonyl (C=O) groups is 1. The molecule has 1 aromatic carbocycles. The van der Waals surface area contributed by atoms with Crippen molar-refractivity contribution in [3.63, 3.8) is 0 Å². The first kappa shape index (κ1) is 22.9. The molecule has 0 bridgehead atoms. The third-order valence-electron chi connectivity index (χ3n) is 4.85. The van der Waals surface area contributed by atoms with E-state index in [1.54, 1.807) is 18.2 Å². The summed E-state index contributed by atoms with van der Waals surface area (Å²) in [7, 11) is -3.38. The SMILES string of the molecule is Cc1nnc2c(NCCCCCC(=O)CC(C)C)nc3cc(NS(C)(=O)=O)ccc3n12. The van der Waals surface area contributed by atoms with Crippen LogP contribution < -0.4 is 10.0 Å². The molecular formula is C21H30N6O3S. The van der Waals surface area contributed by atoms with Gasteiger partial charge in [-0.25, -0.2) is 13.4 Å². The largest absolute Gasteiger partial charge is 0.367 e. The summed E-state index contributed by atoms with van der Waals surface area (Å²) in [4.78, 5) is 16.5. The number of benzene rings is 1. The summed E-state index contributed by atoms with van der Waals surface area (Å²) in [5, 5.41) is 11.7. The summed E-state index contributed by atoms with van der Waals surface area (Å²) in [5.74, 6) is 2.06. The molecule has 0 fully saturated rings. The van der Waals surface area contributed by atoms with Crippen LogP contribution in [0, 0.1) is 12.8 Å². The summed E-state index contributed by atoms with van der Waals surface area (Å²) in [6, 6.07) is 5.19. The van der Waals surface area contributed by atoms with Gasteiger partial charge in [0.25, 0.3) is 0 Å². The number of nitrogens with one attached hydrogen (secondary N) is 2. The monoisotopic (exact) mass is 446 g/mol. The van der Waals surface area contributed by atoms with Gasteiger partial charge in [-0.1, -0.05) is 20.3 Å². The van der Waals surface area contributed by atoms with E-state index in [1.165, 1.54) is 0 Å². The molecule has 2 heterocycles. The number of hydrogen-bond acceptors (Lipinski definition) is 7. The summed E-state index contributed by atoms with van der Waals surface area (Å²) in [5.41, 5.74) is 2.50. The lowest BCUT2D eigenvalue weighted by molar-refractivity contribution is -0.119. The Bertz CT molecular complexity index is 1190. The van der Waals surface area contributed by atoms with Crippen molar-refractivity contribution in [2.45, 2.75) is 52.9 Å². The summed E-state index contributed by atoms with van der Waals surface area (Å²) in [6.07, 6.45) is 5.15. The first-order valence-electron chi connectivity index (χ1n) is 10.5. The van der Waals surface area contributed by atoms with E-state index in [2.05, 4.69) is 39.1 Å². The van der Waals surface area contributed by atoms with Crippen LogP contribution in [0.3, 0.4) is 0 Å². The fourth-order valence-electron chi connectivity index (χ4n) is 3.56. The number of ketones is 1. The predicted molar refractivity (Wildman–Crippen MR) is 123 cm³/mol. The third-order valence-corrected chi connectivity index (χ3v) is 5.46. The molecule has 0 saturated heterocycles. The second-order valence-electron chi connectivity index (χ2n) is 8.32. The van der Waals surface area contributed by atoms with E-state index >= 15 is 0 Å². The van der Waals surface area contributed by atoms with Gasteiger partial charge in [-0.3, -0.25) is 13.9 Å². The maximum absolute atomic E-state index is 11.8. The predicted octanol–water partition coefficient (Wildman–Crippen LogP) is 3.54. The fourth-order valence-corrected chi connectivity index (χ4v) is 4.12. The van der Waals surface area contributed by atoms with Crippen LogP contribution in [0.1, 0.15) is 51.8 Å². The standard InChI is InChI=1S/C21H30N6O3S/c1-14(2)12-17(28)8-6-5-7-11-22-20-21-25-24-15(3)27(21)19-10-9-16(13-18(19)23-20)26-31(4,29)30/h9-10,13-14,26H,5-8,11-12H2,1-4H3,(H,22,23). The van der Waals surface area contributed by atoms with Gasteiger partial charge in [0.2, 0.25) is 15.7 Å². The van der Waals surface area contributed by atoms with Crippen molar-refractivity contribution in [2.24, 2.45) is 5.92 Å². The highest BCUT2D eigenvalue weighted by molar-refractivity contribution is 7.92. The average molecular weight is 447 g/mol. The number of unbranched alkanes of at least 4 members (excludes halogenated alkanes) is 2. The van der Waals surface area contributed by atoms with Crippen molar-refractivity contribution < 1.29 is 13.2 Å². The number of sulfonamides is 1. The molecule has 10 heteroatoms. The number of hydrogen-bond donors (Lipinski definition) is 2. The maximum Gasteiger partial charge on any atom is 0.229 e. The molecule has 168 valence electrons. The van der Waals surface area contributed by atoms with Crippen molar-refractivity contribution in [3.8, 4) is 0 Å². The third kappa shape index (κ3) is 6.13. The highest BCUT2D eigenvalue weighted by atomic mass is 32.2. The summed E-state index contributed by atoms with van der Waals surface area (Å²) >= 11 is 0. The zero-order chi connectivity index (χ0) is 22.6. The second-order valence-corrected chi connectivity index (χ2v) is 10.1.